The summed E-state index contributed by atoms with van der Waals surface area (Å²) < 4.78 is 0. The van der Waals surface area contributed by atoms with Crippen molar-refractivity contribution in [3.05, 3.63) is 38.3 Å². The predicted octanol–water partition coefficient (Wildman–Crippen LogP) is 5.07. The monoisotopic (exact) mass is 384 g/mol. The molecule has 1 aromatic heterocycles. The molecule has 0 saturated carbocycles. The lowest BCUT2D eigenvalue weighted by molar-refractivity contribution is -0.116. The molecule has 0 aromatic carbocycles. The number of ketones is 1. The Balaban J connectivity index is 2.43. The van der Waals surface area contributed by atoms with Gasteiger partial charge in [-0.3, -0.25) is 4.79 Å². The third kappa shape index (κ3) is 3.98. The number of carbonyl (C=O) groups excluding carboxylic acids is 1. The molecule has 0 spiro atoms. The number of rotatable bonds is 5. The zero-order chi connectivity index (χ0) is 18.7. The molecule has 1 aliphatic rings. The normalized spacial score (nSPS) is 18.7. The van der Waals surface area contributed by atoms with E-state index in [1.54, 1.807) is 6.92 Å². The molecule has 1 heterocycles. The van der Waals surface area contributed by atoms with Crippen LogP contribution >= 0.6 is 23.2 Å². The van der Waals surface area contributed by atoms with Gasteiger partial charge in [-0.05, 0) is 38.3 Å². The summed E-state index contributed by atoms with van der Waals surface area (Å²) in [5, 5.41) is 15.3. The molecule has 0 bridgehead atoms. The predicted molar refractivity (Wildman–Crippen MR) is 99.7 cm³/mol. The highest BCUT2D eigenvalue weighted by Crippen LogP contribution is 2.40. The Morgan fingerprint density at radius 1 is 1.32 bits per heavy atom. The summed E-state index contributed by atoms with van der Waals surface area (Å²) in [5.41, 5.74) is 2.88. The number of aliphatic hydroxyl groups excluding tert-OH is 1. The van der Waals surface area contributed by atoms with Gasteiger partial charge < -0.3 is 9.94 Å². The van der Waals surface area contributed by atoms with Crippen LogP contribution in [0.1, 0.15) is 55.8 Å². The fourth-order valence-electron chi connectivity index (χ4n) is 3.13. The number of aliphatic hydroxyl groups is 1. The maximum atomic E-state index is 12.7. The van der Waals surface area contributed by atoms with E-state index in [4.69, 9.17) is 28.0 Å². The standard InChI is InChI=1S/C18H22Cl2N2O3/c1-5-12(22-25-6-2)16-13(23)7-11(8-14(16)24)15-9(3)17(19)10(4)21-18(15)20/h11,23H,5-8H2,1-4H3. The van der Waals surface area contributed by atoms with Crippen molar-refractivity contribution in [2.24, 2.45) is 5.16 Å². The van der Waals surface area contributed by atoms with Gasteiger partial charge in [-0.1, -0.05) is 35.3 Å². The minimum atomic E-state index is -0.264. The van der Waals surface area contributed by atoms with Gasteiger partial charge in [0, 0.05) is 18.8 Å². The van der Waals surface area contributed by atoms with E-state index in [9.17, 15) is 9.90 Å². The molecule has 0 radical (unpaired) electrons. The van der Waals surface area contributed by atoms with Gasteiger partial charge in [-0.25, -0.2) is 4.98 Å². The van der Waals surface area contributed by atoms with Gasteiger partial charge in [0.2, 0.25) is 0 Å². The number of hydrogen-bond donors (Lipinski definition) is 1. The molecule has 0 aliphatic heterocycles. The first-order chi connectivity index (χ1) is 11.8. The van der Waals surface area contributed by atoms with Crippen molar-refractivity contribution in [1.82, 2.24) is 4.98 Å². The van der Waals surface area contributed by atoms with Crippen LogP contribution in [0, 0.1) is 13.8 Å². The number of carbonyl (C=O) groups is 1. The Morgan fingerprint density at radius 3 is 2.56 bits per heavy atom. The molecule has 1 aromatic rings. The summed E-state index contributed by atoms with van der Waals surface area (Å²) in [6.45, 7) is 7.71. The number of allylic oxidation sites excluding steroid dienone is 2. The fraction of sp³-hybridized carbons (Fsp3) is 0.500. The Kier molecular flexibility index (Phi) is 6.47. The first-order valence-electron chi connectivity index (χ1n) is 8.28. The molecule has 0 amide bonds. The van der Waals surface area contributed by atoms with Crippen LogP contribution in [0.3, 0.4) is 0 Å². The van der Waals surface area contributed by atoms with Gasteiger partial charge in [-0.15, -0.1) is 0 Å². The minimum Gasteiger partial charge on any atom is -0.511 e. The first kappa shape index (κ1) is 19.7. The molecule has 25 heavy (non-hydrogen) atoms. The average Bonchev–Trinajstić information content (AvgIpc) is 2.55. The van der Waals surface area contributed by atoms with Crippen molar-refractivity contribution in [2.45, 2.75) is 52.9 Å². The van der Waals surface area contributed by atoms with E-state index >= 15 is 0 Å². The molecule has 7 heteroatoms. The quantitative estimate of drug-likeness (QED) is 0.437. The van der Waals surface area contributed by atoms with Crippen LogP contribution in [0.2, 0.25) is 10.2 Å². The fourth-order valence-corrected chi connectivity index (χ4v) is 3.70. The summed E-state index contributed by atoms with van der Waals surface area (Å²) in [5.74, 6) is -0.436. The average molecular weight is 385 g/mol. The van der Waals surface area contributed by atoms with Gasteiger partial charge in [0.25, 0.3) is 0 Å². The Hall–Kier alpha value is -1.59. The van der Waals surface area contributed by atoms with Crippen molar-refractivity contribution >= 4 is 34.7 Å². The zero-order valence-corrected chi connectivity index (χ0v) is 16.3. The van der Waals surface area contributed by atoms with Crippen molar-refractivity contribution in [3.63, 3.8) is 0 Å². The highest BCUT2D eigenvalue weighted by Gasteiger charge is 2.33. The largest absolute Gasteiger partial charge is 0.511 e. The van der Waals surface area contributed by atoms with Crippen LogP contribution in [-0.2, 0) is 9.63 Å². The summed E-state index contributed by atoms with van der Waals surface area (Å²) in [7, 11) is 0. The van der Waals surface area contributed by atoms with Crippen LogP contribution in [0.5, 0.6) is 0 Å². The number of nitrogens with zero attached hydrogens (tertiary/aromatic N) is 2. The van der Waals surface area contributed by atoms with Gasteiger partial charge >= 0.3 is 0 Å². The molecular weight excluding hydrogens is 363 g/mol. The van der Waals surface area contributed by atoms with E-state index in [0.29, 0.717) is 34.6 Å². The topological polar surface area (TPSA) is 71.8 Å². The van der Waals surface area contributed by atoms with E-state index in [1.807, 2.05) is 20.8 Å². The van der Waals surface area contributed by atoms with Crippen LogP contribution in [-0.4, -0.2) is 28.2 Å². The molecule has 1 atom stereocenters. The molecule has 5 nitrogen and oxygen atoms in total. The molecule has 1 N–H and O–H groups in total. The lowest BCUT2D eigenvalue weighted by Crippen LogP contribution is -2.24. The maximum Gasteiger partial charge on any atom is 0.168 e. The summed E-state index contributed by atoms with van der Waals surface area (Å²) in [6.07, 6.45) is 0.994. The molecule has 0 saturated heterocycles. The Morgan fingerprint density at radius 2 is 2.00 bits per heavy atom. The van der Waals surface area contributed by atoms with Crippen molar-refractivity contribution in [3.8, 4) is 0 Å². The highest BCUT2D eigenvalue weighted by atomic mass is 35.5. The van der Waals surface area contributed by atoms with Gasteiger partial charge in [0.1, 0.15) is 17.5 Å². The van der Waals surface area contributed by atoms with E-state index in [2.05, 4.69) is 10.1 Å². The van der Waals surface area contributed by atoms with Crippen LogP contribution in [0.4, 0.5) is 0 Å². The molecule has 1 unspecified atom stereocenters. The second kappa shape index (κ2) is 8.19. The highest BCUT2D eigenvalue weighted by molar-refractivity contribution is 6.34. The smallest absolute Gasteiger partial charge is 0.168 e. The Labute approximate surface area is 157 Å². The van der Waals surface area contributed by atoms with Crippen molar-refractivity contribution in [2.75, 3.05) is 6.61 Å². The van der Waals surface area contributed by atoms with Crippen molar-refractivity contribution in [1.29, 1.82) is 0 Å². The number of hydrogen-bond acceptors (Lipinski definition) is 5. The van der Waals surface area contributed by atoms with E-state index in [-0.39, 0.29) is 35.9 Å². The number of Topliss-reactive ketones (excluding diaryl/α,β-unsaturated/α-hetero) is 1. The van der Waals surface area contributed by atoms with Crippen LogP contribution < -0.4 is 0 Å². The maximum absolute atomic E-state index is 12.7. The first-order valence-corrected chi connectivity index (χ1v) is 9.03. The van der Waals surface area contributed by atoms with Crippen LogP contribution in [0.25, 0.3) is 0 Å². The molecule has 1 aliphatic carbocycles. The van der Waals surface area contributed by atoms with Gasteiger partial charge in [0.15, 0.2) is 5.78 Å². The molecule has 136 valence electrons. The summed E-state index contributed by atoms with van der Waals surface area (Å²) >= 11 is 12.6. The van der Waals surface area contributed by atoms with E-state index in [0.717, 1.165) is 11.1 Å². The SMILES string of the molecule is CCON=C(CC)C1=C(O)CC(c2c(Cl)nc(C)c(Cl)c2C)CC1=O. The third-order valence-electron chi connectivity index (χ3n) is 4.31. The summed E-state index contributed by atoms with van der Waals surface area (Å²) in [6, 6.07) is 0. The molecular formula is C18H22Cl2N2O3. The number of halogens is 2. The lowest BCUT2D eigenvalue weighted by Gasteiger charge is -2.26. The molecule has 2 rings (SSSR count). The molecule has 0 fully saturated rings. The number of pyridine rings is 1. The van der Waals surface area contributed by atoms with Gasteiger partial charge in [0.05, 0.1) is 22.0 Å². The Bertz CT molecular complexity index is 757. The van der Waals surface area contributed by atoms with Crippen LogP contribution in [0.15, 0.2) is 16.5 Å². The van der Waals surface area contributed by atoms with Gasteiger partial charge in [-0.2, -0.15) is 0 Å². The lowest BCUT2D eigenvalue weighted by atomic mass is 9.80. The van der Waals surface area contributed by atoms with E-state index in [1.165, 1.54) is 0 Å². The number of aromatic nitrogens is 1. The number of aryl methyl sites for hydroxylation is 1. The third-order valence-corrected chi connectivity index (χ3v) is 5.16. The summed E-state index contributed by atoms with van der Waals surface area (Å²) in [4.78, 5) is 22.0. The zero-order valence-electron chi connectivity index (χ0n) is 14.8. The van der Waals surface area contributed by atoms with E-state index < -0.39 is 0 Å². The minimum absolute atomic E-state index is 0.00807. The second-order valence-corrected chi connectivity index (χ2v) is 6.74. The number of oxime groups is 1. The second-order valence-electron chi connectivity index (χ2n) is 6.00. The van der Waals surface area contributed by atoms with Crippen molar-refractivity contribution < 1.29 is 14.7 Å².